The van der Waals surface area contributed by atoms with E-state index in [2.05, 4.69) is 15.3 Å². The summed E-state index contributed by atoms with van der Waals surface area (Å²) in [5.41, 5.74) is 9.81. The van der Waals surface area contributed by atoms with Crippen LogP contribution in [-0.4, -0.2) is 42.9 Å². The van der Waals surface area contributed by atoms with E-state index in [0.717, 1.165) is 35.5 Å². The number of nitrogens with two attached hydrogens (primary N) is 1. The quantitative estimate of drug-likeness (QED) is 0.400. The molecule has 2 heterocycles. The Labute approximate surface area is 199 Å². The van der Waals surface area contributed by atoms with Crippen molar-refractivity contribution in [3.8, 4) is 11.3 Å². The van der Waals surface area contributed by atoms with Crippen LogP contribution in [0.4, 0.5) is 5.69 Å². The summed E-state index contributed by atoms with van der Waals surface area (Å²) < 4.78 is 0. The molecule has 1 fully saturated rings. The molecule has 1 aromatic heterocycles. The van der Waals surface area contributed by atoms with Crippen molar-refractivity contribution in [3.63, 3.8) is 0 Å². The topological polar surface area (TPSA) is 83.6 Å². The maximum atomic E-state index is 13.1. The lowest BCUT2D eigenvalue weighted by Crippen LogP contribution is -2.26. The van der Waals surface area contributed by atoms with Gasteiger partial charge in [0.15, 0.2) is 0 Å². The number of benzene rings is 2. The van der Waals surface area contributed by atoms with Crippen LogP contribution in [0, 0.1) is 0 Å². The van der Waals surface area contributed by atoms with Crippen LogP contribution >= 0.6 is 11.6 Å². The van der Waals surface area contributed by atoms with Gasteiger partial charge in [0.1, 0.15) is 5.84 Å². The number of nitrogens with zero attached hydrogens (tertiary/aromatic N) is 3. The summed E-state index contributed by atoms with van der Waals surface area (Å²) in [5.74, 6) is 0.372. The van der Waals surface area contributed by atoms with Crippen molar-refractivity contribution >= 4 is 29.0 Å². The van der Waals surface area contributed by atoms with Crippen LogP contribution in [0.2, 0.25) is 5.02 Å². The average Bonchev–Trinajstić information content (AvgIpc) is 3.37. The van der Waals surface area contributed by atoms with Crippen LogP contribution < -0.4 is 16.0 Å². The number of pyridine rings is 1. The molecular formula is C26H28ClN5O. The molecule has 1 aliphatic rings. The van der Waals surface area contributed by atoms with Crippen LogP contribution in [0.1, 0.15) is 35.2 Å². The second-order valence-electron chi connectivity index (χ2n) is 8.17. The first kappa shape index (κ1) is 23.0. The third-order valence-corrected chi connectivity index (χ3v) is 6.26. The highest BCUT2D eigenvalue weighted by molar-refractivity contribution is 6.33. The molecule has 6 nitrogen and oxygen atoms in total. The van der Waals surface area contributed by atoms with Gasteiger partial charge in [-0.25, -0.2) is 0 Å². The lowest BCUT2D eigenvalue weighted by molar-refractivity contribution is 0.0993. The maximum Gasteiger partial charge on any atom is 0.258 e. The Balaban J connectivity index is 1.44. The summed E-state index contributed by atoms with van der Waals surface area (Å²) >= 11 is 6.38. The summed E-state index contributed by atoms with van der Waals surface area (Å²) in [6.45, 7) is 1.79. The Bertz CT molecular complexity index is 1130. The summed E-state index contributed by atoms with van der Waals surface area (Å²) in [7, 11) is 1.74. The monoisotopic (exact) mass is 461 g/mol. The predicted octanol–water partition coefficient (Wildman–Crippen LogP) is 4.53. The predicted molar refractivity (Wildman–Crippen MR) is 135 cm³/mol. The van der Waals surface area contributed by atoms with Gasteiger partial charge < -0.3 is 16.0 Å². The zero-order chi connectivity index (χ0) is 23.2. The Morgan fingerprint density at radius 2 is 1.97 bits per heavy atom. The third kappa shape index (κ3) is 5.59. The normalized spacial score (nSPS) is 16.1. The van der Waals surface area contributed by atoms with E-state index in [0.29, 0.717) is 29.0 Å². The summed E-state index contributed by atoms with van der Waals surface area (Å²) in [4.78, 5) is 23.6. The van der Waals surface area contributed by atoms with Crippen LogP contribution in [0.25, 0.3) is 11.3 Å². The maximum absolute atomic E-state index is 13.1. The third-order valence-electron chi connectivity index (χ3n) is 5.93. The molecule has 0 bridgehead atoms. The first-order valence-electron chi connectivity index (χ1n) is 11.2. The molecule has 7 heteroatoms. The Morgan fingerprint density at radius 1 is 1.18 bits per heavy atom. The fraction of sp³-hybridized carbons (Fsp3) is 0.269. The molecule has 1 unspecified atom stereocenters. The van der Waals surface area contributed by atoms with Crippen molar-refractivity contribution < 1.29 is 4.79 Å². The molecule has 1 aliphatic heterocycles. The number of halogens is 1. The van der Waals surface area contributed by atoms with Gasteiger partial charge in [-0.15, -0.1) is 0 Å². The van der Waals surface area contributed by atoms with Gasteiger partial charge in [0.05, 0.1) is 10.7 Å². The van der Waals surface area contributed by atoms with Crippen molar-refractivity contribution in [2.75, 3.05) is 25.0 Å². The Hall–Kier alpha value is -3.22. The molecular weight excluding hydrogens is 434 g/mol. The van der Waals surface area contributed by atoms with Crippen LogP contribution in [0.15, 0.2) is 71.9 Å². The molecule has 1 saturated heterocycles. The average molecular weight is 462 g/mol. The molecule has 33 heavy (non-hydrogen) atoms. The fourth-order valence-electron chi connectivity index (χ4n) is 3.97. The Morgan fingerprint density at radius 3 is 2.67 bits per heavy atom. The number of carbonyl (C=O) groups is 1. The highest BCUT2D eigenvalue weighted by Gasteiger charge is 2.16. The molecule has 2 aromatic carbocycles. The van der Waals surface area contributed by atoms with Crippen LogP contribution in [-0.2, 0) is 0 Å². The molecule has 1 atom stereocenters. The van der Waals surface area contributed by atoms with E-state index in [4.69, 9.17) is 17.3 Å². The summed E-state index contributed by atoms with van der Waals surface area (Å²) in [6.07, 6.45) is 5.14. The number of nitrogens with one attached hydrogen (secondary N) is 1. The summed E-state index contributed by atoms with van der Waals surface area (Å²) in [5, 5.41) is 4.05. The first-order chi connectivity index (χ1) is 16.0. The smallest absolute Gasteiger partial charge is 0.258 e. The number of rotatable bonds is 7. The van der Waals surface area contributed by atoms with Gasteiger partial charge in [0, 0.05) is 48.2 Å². The Kier molecular flexibility index (Phi) is 7.37. The standard InChI is InChI=1S/C26H28ClN5O/c1-32(21-11-12-23(27)22(17-21)24-6-2-3-14-30-24)26(33)19-9-7-18(8-10-19)25(28)31-16-13-20-5-4-15-29-20/h2-3,6-12,14,17,20,29H,4-5,13,15-16H2,1H3,(H2,28,31). The molecule has 4 rings (SSSR count). The van der Waals surface area contributed by atoms with E-state index in [9.17, 15) is 4.79 Å². The van der Waals surface area contributed by atoms with Crippen molar-refractivity contribution in [1.82, 2.24) is 10.3 Å². The van der Waals surface area contributed by atoms with Crippen molar-refractivity contribution in [1.29, 1.82) is 0 Å². The first-order valence-corrected chi connectivity index (χ1v) is 11.5. The zero-order valence-corrected chi connectivity index (χ0v) is 19.4. The van der Waals surface area contributed by atoms with Gasteiger partial charge in [-0.3, -0.25) is 14.8 Å². The van der Waals surface area contributed by atoms with Crippen molar-refractivity contribution in [2.24, 2.45) is 10.7 Å². The van der Waals surface area contributed by atoms with Gasteiger partial charge in [-0.1, -0.05) is 29.8 Å². The lowest BCUT2D eigenvalue weighted by Gasteiger charge is -2.19. The number of carbonyl (C=O) groups excluding carboxylic acids is 1. The lowest BCUT2D eigenvalue weighted by atomic mass is 10.1. The minimum absolute atomic E-state index is 0.126. The second-order valence-corrected chi connectivity index (χ2v) is 8.58. The number of anilines is 1. The number of hydrogen-bond donors (Lipinski definition) is 2. The second kappa shape index (κ2) is 10.6. The summed E-state index contributed by atoms with van der Waals surface area (Å²) in [6, 6.07) is 18.9. The molecule has 0 radical (unpaired) electrons. The number of aliphatic imine (C=N–C) groups is 1. The van der Waals surface area contributed by atoms with E-state index in [-0.39, 0.29) is 5.91 Å². The minimum Gasteiger partial charge on any atom is -0.384 e. The zero-order valence-electron chi connectivity index (χ0n) is 18.7. The van der Waals surface area contributed by atoms with Gasteiger partial charge in [0.25, 0.3) is 5.91 Å². The molecule has 0 aliphatic carbocycles. The number of hydrogen-bond acceptors (Lipinski definition) is 4. The molecule has 0 saturated carbocycles. The molecule has 170 valence electrons. The molecule has 3 N–H and O–H groups in total. The van der Waals surface area contributed by atoms with Crippen molar-refractivity contribution in [3.05, 3.63) is 83.0 Å². The fourth-order valence-corrected chi connectivity index (χ4v) is 4.18. The van der Waals surface area contributed by atoms with Crippen LogP contribution in [0.3, 0.4) is 0 Å². The largest absolute Gasteiger partial charge is 0.384 e. The molecule has 0 spiro atoms. The van der Waals surface area contributed by atoms with Crippen LogP contribution in [0.5, 0.6) is 0 Å². The highest BCUT2D eigenvalue weighted by Crippen LogP contribution is 2.30. The van der Waals surface area contributed by atoms with E-state index >= 15 is 0 Å². The van der Waals surface area contributed by atoms with E-state index in [1.165, 1.54) is 12.8 Å². The number of amides is 1. The minimum atomic E-state index is -0.126. The number of aromatic nitrogens is 1. The van der Waals surface area contributed by atoms with Crippen molar-refractivity contribution in [2.45, 2.75) is 25.3 Å². The van der Waals surface area contributed by atoms with E-state index in [1.54, 1.807) is 36.3 Å². The van der Waals surface area contributed by atoms with E-state index in [1.807, 2.05) is 42.5 Å². The molecule has 3 aromatic rings. The SMILES string of the molecule is CN(C(=O)c1ccc(C(N)=NCCC2CCCN2)cc1)c1ccc(Cl)c(-c2ccccn2)c1. The van der Waals surface area contributed by atoms with Gasteiger partial charge in [0.2, 0.25) is 0 Å². The van der Waals surface area contributed by atoms with Gasteiger partial charge >= 0.3 is 0 Å². The van der Waals surface area contributed by atoms with Gasteiger partial charge in [-0.05, 0) is 68.3 Å². The van der Waals surface area contributed by atoms with Gasteiger partial charge in [-0.2, -0.15) is 0 Å². The molecule has 1 amide bonds. The number of amidine groups is 1. The van der Waals surface area contributed by atoms with E-state index < -0.39 is 0 Å². The highest BCUT2D eigenvalue weighted by atomic mass is 35.5.